The molecule has 1 saturated carbocycles. The van der Waals surface area contributed by atoms with Crippen LogP contribution in [-0.2, 0) is 4.79 Å². The molecule has 0 heterocycles. The minimum Gasteiger partial charge on any atom is -0.481 e. The van der Waals surface area contributed by atoms with Crippen molar-refractivity contribution in [3.05, 3.63) is 29.0 Å². The Morgan fingerprint density at radius 3 is 2.76 bits per heavy atom. The molecule has 0 spiro atoms. The summed E-state index contributed by atoms with van der Waals surface area (Å²) in [6.07, 6.45) is 1.30. The lowest BCUT2D eigenvalue weighted by atomic mass is 10.1. The van der Waals surface area contributed by atoms with Crippen molar-refractivity contribution >= 4 is 23.3 Å². The van der Waals surface area contributed by atoms with Gasteiger partial charge in [0.1, 0.15) is 5.82 Å². The SMILES string of the molecule is CN(CC1(C(=O)O)CC1)c1cc(Cl)ccc1F. The number of halogens is 2. The Hall–Kier alpha value is -1.29. The van der Waals surface area contributed by atoms with Gasteiger partial charge in [0.25, 0.3) is 0 Å². The van der Waals surface area contributed by atoms with E-state index >= 15 is 0 Å². The van der Waals surface area contributed by atoms with E-state index in [1.807, 2.05) is 0 Å². The lowest BCUT2D eigenvalue weighted by Crippen LogP contribution is -2.32. The van der Waals surface area contributed by atoms with E-state index in [-0.39, 0.29) is 0 Å². The number of aliphatic carboxylic acids is 1. The molecule has 0 bridgehead atoms. The summed E-state index contributed by atoms with van der Waals surface area (Å²) in [6, 6.07) is 4.27. The number of carboxylic acids is 1. The summed E-state index contributed by atoms with van der Waals surface area (Å²) >= 11 is 5.80. The van der Waals surface area contributed by atoms with Crippen LogP contribution < -0.4 is 4.90 Å². The van der Waals surface area contributed by atoms with Crippen LogP contribution in [0, 0.1) is 11.2 Å². The third kappa shape index (κ3) is 2.36. The van der Waals surface area contributed by atoms with Gasteiger partial charge in [0.15, 0.2) is 0 Å². The highest BCUT2D eigenvalue weighted by atomic mass is 35.5. The molecular weight excluding hydrogens is 245 g/mol. The molecule has 1 aliphatic rings. The van der Waals surface area contributed by atoms with Crippen molar-refractivity contribution in [2.75, 3.05) is 18.5 Å². The van der Waals surface area contributed by atoms with Gasteiger partial charge in [0.2, 0.25) is 0 Å². The first-order chi connectivity index (χ1) is 7.94. The molecule has 3 nitrogen and oxygen atoms in total. The number of rotatable bonds is 4. The van der Waals surface area contributed by atoms with Gasteiger partial charge in [0.05, 0.1) is 11.1 Å². The van der Waals surface area contributed by atoms with E-state index < -0.39 is 17.2 Å². The zero-order chi connectivity index (χ0) is 12.6. The summed E-state index contributed by atoms with van der Waals surface area (Å²) < 4.78 is 13.6. The molecule has 0 atom stereocenters. The lowest BCUT2D eigenvalue weighted by Gasteiger charge is -2.23. The highest BCUT2D eigenvalue weighted by Gasteiger charge is 2.51. The fraction of sp³-hybridized carbons (Fsp3) is 0.417. The molecule has 0 aliphatic heterocycles. The maximum atomic E-state index is 13.6. The van der Waals surface area contributed by atoms with Gasteiger partial charge in [-0.25, -0.2) is 4.39 Å². The van der Waals surface area contributed by atoms with E-state index in [2.05, 4.69) is 0 Å². The molecule has 0 amide bonds. The van der Waals surface area contributed by atoms with Crippen molar-refractivity contribution in [1.29, 1.82) is 0 Å². The molecule has 0 unspecified atom stereocenters. The molecule has 5 heteroatoms. The number of nitrogens with zero attached hydrogens (tertiary/aromatic N) is 1. The third-order valence-corrected chi connectivity index (χ3v) is 3.40. The summed E-state index contributed by atoms with van der Waals surface area (Å²) in [5.41, 5.74) is -0.367. The van der Waals surface area contributed by atoms with Crippen molar-refractivity contribution in [1.82, 2.24) is 0 Å². The Labute approximate surface area is 104 Å². The van der Waals surface area contributed by atoms with E-state index in [0.717, 1.165) is 0 Å². The van der Waals surface area contributed by atoms with Gasteiger partial charge in [-0.3, -0.25) is 4.79 Å². The second-order valence-electron chi connectivity index (χ2n) is 4.54. The van der Waals surface area contributed by atoms with Crippen LogP contribution in [0.15, 0.2) is 18.2 Å². The van der Waals surface area contributed by atoms with Gasteiger partial charge in [-0.1, -0.05) is 11.6 Å². The van der Waals surface area contributed by atoms with Crippen LogP contribution in [0.25, 0.3) is 0 Å². The van der Waals surface area contributed by atoms with Crippen molar-refractivity contribution in [3.8, 4) is 0 Å². The maximum Gasteiger partial charge on any atom is 0.311 e. The highest BCUT2D eigenvalue weighted by molar-refractivity contribution is 6.30. The van der Waals surface area contributed by atoms with Gasteiger partial charge in [0, 0.05) is 18.6 Å². The van der Waals surface area contributed by atoms with E-state index in [4.69, 9.17) is 16.7 Å². The zero-order valence-electron chi connectivity index (χ0n) is 9.41. The zero-order valence-corrected chi connectivity index (χ0v) is 10.2. The molecule has 92 valence electrons. The van der Waals surface area contributed by atoms with Gasteiger partial charge in [-0.05, 0) is 31.0 Å². The monoisotopic (exact) mass is 257 g/mol. The standard InChI is InChI=1S/C12H13ClFNO2/c1-15(7-12(4-5-12)11(16)17)10-6-8(13)2-3-9(10)14/h2-3,6H,4-5,7H2,1H3,(H,16,17). The van der Waals surface area contributed by atoms with Crippen LogP contribution in [0.5, 0.6) is 0 Å². The third-order valence-electron chi connectivity index (χ3n) is 3.17. The number of benzene rings is 1. The van der Waals surface area contributed by atoms with Crippen LogP contribution >= 0.6 is 11.6 Å². The number of hydrogen-bond donors (Lipinski definition) is 1. The second-order valence-corrected chi connectivity index (χ2v) is 4.97. The summed E-state index contributed by atoms with van der Waals surface area (Å²) in [6.45, 7) is 0.305. The van der Waals surface area contributed by atoms with Crippen LogP contribution in [0.1, 0.15) is 12.8 Å². The Balaban J connectivity index is 2.17. The summed E-state index contributed by atoms with van der Waals surface area (Å²) in [4.78, 5) is 12.7. The molecule has 1 fully saturated rings. The Bertz CT molecular complexity index is 460. The minimum absolute atomic E-state index is 0.305. The highest BCUT2D eigenvalue weighted by Crippen LogP contribution is 2.47. The Morgan fingerprint density at radius 1 is 1.59 bits per heavy atom. The lowest BCUT2D eigenvalue weighted by molar-refractivity contribution is -0.142. The molecule has 0 aromatic heterocycles. The number of hydrogen-bond acceptors (Lipinski definition) is 2. The summed E-state index contributed by atoms with van der Waals surface area (Å²) in [5, 5.41) is 9.52. The van der Waals surface area contributed by atoms with Crippen LogP contribution in [0.2, 0.25) is 5.02 Å². The quantitative estimate of drug-likeness (QED) is 0.902. The van der Waals surface area contributed by atoms with Crippen molar-refractivity contribution in [2.45, 2.75) is 12.8 Å². The average Bonchev–Trinajstić information content (AvgIpc) is 3.02. The molecule has 17 heavy (non-hydrogen) atoms. The van der Waals surface area contributed by atoms with Crippen molar-refractivity contribution in [3.63, 3.8) is 0 Å². The number of carboxylic acid groups (broad SMARTS) is 1. The van der Waals surface area contributed by atoms with E-state index in [0.29, 0.717) is 30.1 Å². The predicted octanol–water partition coefficient (Wildman–Crippen LogP) is 2.78. The van der Waals surface area contributed by atoms with Crippen LogP contribution in [0.4, 0.5) is 10.1 Å². The molecule has 2 rings (SSSR count). The summed E-state index contributed by atoms with van der Waals surface area (Å²) in [7, 11) is 1.68. The van der Waals surface area contributed by atoms with Crippen molar-refractivity contribution in [2.24, 2.45) is 5.41 Å². The first-order valence-corrected chi connectivity index (χ1v) is 5.72. The van der Waals surface area contributed by atoms with Gasteiger partial charge < -0.3 is 10.0 Å². The van der Waals surface area contributed by atoms with Crippen LogP contribution in [0.3, 0.4) is 0 Å². The topological polar surface area (TPSA) is 40.5 Å². The molecule has 0 radical (unpaired) electrons. The normalized spacial score (nSPS) is 16.6. The molecule has 0 saturated heterocycles. The predicted molar refractivity (Wildman–Crippen MR) is 64.0 cm³/mol. The van der Waals surface area contributed by atoms with Gasteiger partial charge in [-0.2, -0.15) is 0 Å². The van der Waals surface area contributed by atoms with E-state index in [9.17, 15) is 9.18 Å². The largest absolute Gasteiger partial charge is 0.481 e. The maximum absolute atomic E-state index is 13.6. The molecular formula is C12H13ClFNO2. The smallest absolute Gasteiger partial charge is 0.311 e. The van der Waals surface area contributed by atoms with E-state index in [1.54, 1.807) is 11.9 Å². The van der Waals surface area contributed by atoms with Crippen molar-refractivity contribution < 1.29 is 14.3 Å². The first kappa shape index (κ1) is 12.2. The molecule has 1 aromatic rings. The second kappa shape index (κ2) is 4.18. The number of anilines is 1. The fourth-order valence-corrected chi connectivity index (χ4v) is 2.07. The summed E-state index contributed by atoms with van der Waals surface area (Å²) in [5.74, 6) is -1.20. The number of carbonyl (C=O) groups is 1. The van der Waals surface area contributed by atoms with Crippen LogP contribution in [-0.4, -0.2) is 24.7 Å². The Kier molecular flexibility index (Phi) is 3.00. The minimum atomic E-state index is -0.813. The Morgan fingerprint density at radius 2 is 2.24 bits per heavy atom. The fourth-order valence-electron chi connectivity index (χ4n) is 1.91. The molecule has 1 aliphatic carbocycles. The molecule has 1 N–H and O–H groups in total. The molecule has 1 aromatic carbocycles. The van der Waals surface area contributed by atoms with Gasteiger partial charge >= 0.3 is 5.97 Å². The average molecular weight is 258 g/mol. The van der Waals surface area contributed by atoms with E-state index in [1.165, 1.54) is 18.2 Å². The van der Waals surface area contributed by atoms with Gasteiger partial charge in [-0.15, -0.1) is 0 Å². The first-order valence-electron chi connectivity index (χ1n) is 5.34.